The molecule has 0 aliphatic carbocycles. The Bertz CT molecular complexity index is 462. The number of hydrogen-bond donors (Lipinski definition) is 1. The molecule has 1 amide bonds. The van der Waals surface area contributed by atoms with Crippen molar-refractivity contribution in [1.29, 1.82) is 0 Å². The lowest BCUT2D eigenvalue weighted by Crippen LogP contribution is -2.10. The SMILES string of the molecule is CCOC(=O)c1cc(Br)c(NC(C)=O)cc1F. The van der Waals surface area contributed by atoms with Crippen LogP contribution in [0.2, 0.25) is 0 Å². The van der Waals surface area contributed by atoms with E-state index in [2.05, 4.69) is 21.2 Å². The lowest BCUT2D eigenvalue weighted by Gasteiger charge is -2.08. The van der Waals surface area contributed by atoms with Gasteiger partial charge in [0.15, 0.2) is 0 Å². The molecule has 0 aliphatic rings. The van der Waals surface area contributed by atoms with Crippen LogP contribution >= 0.6 is 15.9 Å². The topological polar surface area (TPSA) is 55.4 Å². The molecule has 1 N–H and O–H groups in total. The van der Waals surface area contributed by atoms with Crippen LogP contribution in [-0.4, -0.2) is 18.5 Å². The molecule has 6 heteroatoms. The molecule has 4 nitrogen and oxygen atoms in total. The van der Waals surface area contributed by atoms with Crippen LogP contribution in [0.25, 0.3) is 0 Å². The molecule has 0 saturated carbocycles. The van der Waals surface area contributed by atoms with Gasteiger partial charge >= 0.3 is 5.97 Å². The first-order valence-corrected chi connectivity index (χ1v) is 5.68. The Labute approximate surface area is 106 Å². The average Bonchev–Trinajstić information content (AvgIpc) is 2.22. The lowest BCUT2D eigenvalue weighted by atomic mass is 10.2. The number of anilines is 1. The van der Waals surface area contributed by atoms with Gasteiger partial charge in [0.25, 0.3) is 0 Å². The van der Waals surface area contributed by atoms with Gasteiger partial charge in [0, 0.05) is 11.4 Å². The summed E-state index contributed by atoms with van der Waals surface area (Å²) < 4.78 is 18.7. The van der Waals surface area contributed by atoms with Crippen LogP contribution in [0.3, 0.4) is 0 Å². The molecule has 1 aromatic rings. The first kappa shape index (κ1) is 13.6. The summed E-state index contributed by atoms with van der Waals surface area (Å²) >= 11 is 3.14. The minimum absolute atomic E-state index is 0.170. The molecule has 0 aromatic heterocycles. The average molecular weight is 304 g/mol. The fourth-order valence-electron chi connectivity index (χ4n) is 1.20. The number of benzene rings is 1. The normalized spacial score (nSPS) is 9.88. The Hall–Kier alpha value is -1.43. The number of nitrogens with one attached hydrogen (secondary N) is 1. The first-order chi connectivity index (χ1) is 7.95. The maximum Gasteiger partial charge on any atom is 0.341 e. The highest BCUT2D eigenvalue weighted by Gasteiger charge is 2.16. The standard InChI is InChI=1S/C11H11BrFNO3/c1-3-17-11(16)7-4-8(12)10(5-9(7)13)14-6(2)15/h4-5H,3H2,1-2H3,(H,14,15). The number of rotatable bonds is 3. The molecule has 0 aliphatic heterocycles. The van der Waals surface area contributed by atoms with E-state index >= 15 is 0 Å². The number of amides is 1. The Kier molecular flexibility index (Phi) is 4.62. The Morgan fingerprint density at radius 2 is 2.12 bits per heavy atom. The maximum absolute atomic E-state index is 13.6. The predicted octanol–water partition coefficient (Wildman–Crippen LogP) is 2.72. The first-order valence-electron chi connectivity index (χ1n) is 4.89. The van der Waals surface area contributed by atoms with Crippen LogP contribution in [0.1, 0.15) is 24.2 Å². The van der Waals surface area contributed by atoms with E-state index in [4.69, 9.17) is 4.74 Å². The molecule has 0 atom stereocenters. The van der Waals surface area contributed by atoms with Gasteiger partial charge in [-0.2, -0.15) is 0 Å². The van der Waals surface area contributed by atoms with Crippen molar-refractivity contribution in [3.63, 3.8) is 0 Å². The number of hydrogen-bond acceptors (Lipinski definition) is 3. The van der Waals surface area contributed by atoms with E-state index in [1.165, 1.54) is 13.0 Å². The van der Waals surface area contributed by atoms with Crippen LogP contribution in [0.15, 0.2) is 16.6 Å². The zero-order valence-electron chi connectivity index (χ0n) is 9.34. The van der Waals surface area contributed by atoms with Gasteiger partial charge < -0.3 is 10.1 Å². The zero-order chi connectivity index (χ0) is 13.0. The van der Waals surface area contributed by atoms with Gasteiger partial charge in [-0.1, -0.05) is 0 Å². The van der Waals surface area contributed by atoms with Crippen molar-refractivity contribution in [3.05, 3.63) is 28.0 Å². The van der Waals surface area contributed by atoms with E-state index in [1.807, 2.05) is 0 Å². The van der Waals surface area contributed by atoms with E-state index in [-0.39, 0.29) is 23.8 Å². The predicted molar refractivity (Wildman–Crippen MR) is 64.4 cm³/mol. The third-order valence-corrected chi connectivity index (χ3v) is 2.52. The van der Waals surface area contributed by atoms with Gasteiger partial charge in [0.1, 0.15) is 5.82 Å². The molecule has 0 unspecified atom stereocenters. The van der Waals surface area contributed by atoms with Crippen molar-refractivity contribution in [1.82, 2.24) is 0 Å². The van der Waals surface area contributed by atoms with Crippen molar-refractivity contribution >= 4 is 33.5 Å². The highest BCUT2D eigenvalue weighted by molar-refractivity contribution is 9.10. The molecule has 0 fully saturated rings. The van der Waals surface area contributed by atoms with Crippen molar-refractivity contribution < 1.29 is 18.7 Å². The summed E-state index contributed by atoms with van der Waals surface area (Å²) in [6.45, 7) is 3.11. The van der Waals surface area contributed by atoms with E-state index in [0.717, 1.165) is 6.07 Å². The Morgan fingerprint density at radius 3 is 2.65 bits per heavy atom. The molecular formula is C11H11BrFNO3. The van der Waals surface area contributed by atoms with Crippen LogP contribution in [-0.2, 0) is 9.53 Å². The summed E-state index contributed by atoms with van der Waals surface area (Å²) in [5.74, 6) is -1.80. The molecule has 0 saturated heterocycles. The molecule has 1 aromatic carbocycles. The third-order valence-electron chi connectivity index (χ3n) is 1.86. The summed E-state index contributed by atoms with van der Waals surface area (Å²) in [7, 11) is 0. The molecular weight excluding hydrogens is 293 g/mol. The lowest BCUT2D eigenvalue weighted by molar-refractivity contribution is -0.114. The highest BCUT2D eigenvalue weighted by Crippen LogP contribution is 2.26. The summed E-state index contributed by atoms with van der Waals surface area (Å²) in [6, 6.07) is 2.34. The molecule has 1 rings (SSSR count). The summed E-state index contributed by atoms with van der Waals surface area (Å²) in [5, 5.41) is 2.43. The molecule has 0 radical (unpaired) electrons. The monoisotopic (exact) mass is 303 g/mol. The van der Waals surface area contributed by atoms with E-state index in [9.17, 15) is 14.0 Å². The third kappa shape index (κ3) is 3.52. The second kappa shape index (κ2) is 5.77. The molecule has 0 spiro atoms. The van der Waals surface area contributed by atoms with Gasteiger partial charge in [0.2, 0.25) is 5.91 Å². The largest absolute Gasteiger partial charge is 0.462 e. The van der Waals surface area contributed by atoms with Gasteiger partial charge in [0.05, 0.1) is 17.9 Å². The van der Waals surface area contributed by atoms with Gasteiger partial charge in [-0.25, -0.2) is 9.18 Å². The fraction of sp³-hybridized carbons (Fsp3) is 0.273. The molecule has 92 valence electrons. The van der Waals surface area contributed by atoms with Crippen molar-refractivity contribution in [2.45, 2.75) is 13.8 Å². The highest BCUT2D eigenvalue weighted by atomic mass is 79.9. The van der Waals surface area contributed by atoms with Gasteiger partial charge in [-0.05, 0) is 35.0 Å². The van der Waals surface area contributed by atoms with Crippen LogP contribution in [0.5, 0.6) is 0 Å². The minimum atomic E-state index is -0.740. The maximum atomic E-state index is 13.6. The quantitative estimate of drug-likeness (QED) is 0.874. The smallest absolute Gasteiger partial charge is 0.341 e. The molecule has 0 heterocycles. The van der Waals surface area contributed by atoms with Crippen LogP contribution in [0, 0.1) is 5.82 Å². The number of halogens is 2. The Morgan fingerprint density at radius 1 is 1.47 bits per heavy atom. The summed E-state index contributed by atoms with van der Waals surface area (Å²) in [6.07, 6.45) is 0. The molecule has 17 heavy (non-hydrogen) atoms. The number of carbonyl (C=O) groups is 2. The van der Waals surface area contributed by atoms with Crippen LogP contribution < -0.4 is 5.32 Å². The van der Waals surface area contributed by atoms with Crippen molar-refractivity contribution in [3.8, 4) is 0 Å². The fourth-order valence-corrected chi connectivity index (χ4v) is 1.64. The summed E-state index contributed by atoms with van der Waals surface area (Å²) in [4.78, 5) is 22.2. The van der Waals surface area contributed by atoms with E-state index in [1.54, 1.807) is 6.92 Å². The van der Waals surface area contributed by atoms with Crippen molar-refractivity contribution in [2.75, 3.05) is 11.9 Å². The number of carbonyl (C=O) groups excluding carboxylic acids is 2. The second-order valence-electron chi connectivity index (χ2n) is 3.21. The summed E-state index contributed by atoms with van der Waals surface area (Å²) in [5.41, 5.74) is 0.0934. The number of ether oxygens (including phenoxy) is 1. The van der Waals surface area contributed by atoms with Crippen LogP contribution in [0.4, 0.5) is 10.1 Å². The number of esters is 1. The Balaban J connectivity index is 3.09. The zero-order valence-corrected chi connectivity index (χ0v) is 10.9. The van der Waals surface area contributed by atoms with Gasteiger partial charge in [-0.15, -0.1) is 0 Å². The van der Waals surface area contributed by atoms with E-state index in [0.29, 0.717) is 4.47 Å². The van der Waals surface area contributed by atoms with E-state index < -0.39 is 11.8 Å². The minimum Gasteiger partial charge on any atom is -0.462 e. The molecule has 0 bridgehead atoms. The van der Waals surface area contributed by atoms with Gasteiger partial charge in [-0.3, -0.25) is 4.79 Å². The van der Waals surface area contributed by atoms with Crippen molar-refractivity contribution in [2.24, 2.45) is 0 Å². The second-order valence-corrected chi connectivity index (χ2v) is 4.07.